The van der Waals surface area contributed by atoms with E-state index in [1.165, 1.54) is 18.5 Å². The van der Waals surface area contributed by atoms with Gasteiger partial charge in [0.25, 0.3) is 0 Å². The average Bonchev–Trinajstić information content (AvgIpc) is 2.55. The van der Waals surface area contributed by atoms with Crippen LogP contribution in [-0.4, -0.2) is 58.5 Å². The van der Waals surface area contributed by atoms with Crippen LogP contribution in [0, 0.1) is 0 Å². The Morgan fingerprint density at radius 3 is 2.64 bits per heavy atom. The Kier molecular flexibility index (Phi) is 6.34. The van der Waals surface area contributed by atoms with Crippen molar-refractivity contribution in [2.45, 2.75) is 25.3 Å². The lowest BCUT2D eigenvalue weighted by atomic mass is 10.0. The molecule has 1 aromatic carbocycles. The van der Waals surface area contributed by atoms with E-state index in [4.69, 9.17) is 15.2 Å². The van der Waals surface area contributed by atoms with Gasteiger partial charge in [0.15, 0.2) is 0 Å². The molecule has 0 saturated carbocycles. The van der Waals surface area contributed by atoms with E-state index in [1.54, 1.807) is 14.2 Å². The molecule has 0 spiro atoms. The summed E-state index contributed by atoms with van der Waals surface area (Å²) in [5, 5.41) is 0. The van der Waals surface area contributed by atoms with Gasteiger partial charge in [0.05, 0.1) is 12.8 Å². The summed E-state index contributed by atoms with van der Waals surface area (Å²) >= 11 is 0. The van der Waals surface area contributed by atoms with Gasteiger partial charge in [0, 0.05) is 51.1 Å². The van der Waals surface area contributed by atoms with Crippen LogP contribution < -0.4 is 15.4 Å². The van der Waals surface area contributed by atoms with Gasteiger partial charge in [-0.15, -0.1) is 0 Å². The second-order valence-corrected chi connectivity index (χ2v) is 5.97. The maximum absolute atomic E-state index is 5.89. The summed E-state index contributed by atoms with van der Waals surface area (Å²) in [6.07, 6.45) is 3.48. The molecule has 0 bridgehead atoms. The van der Waals surface area contributed by atoms with Gasteiger partial charge in [0.2, 0.25) is 0 Å². The van der Waals surface area contributed by atoms with E-state index in [0.717, 1.165) is 38.4 Å². The van der Waals surface area contributed by atoms with Crippen molar-refractivity contribution in [3.8, 4) is 5.75 Å². The molecule has 0 aliphatic carbocycles. The summed E-state index contributed by atoms with van der Waals surface area (Å²) in [5.41, 5.74) is 7.78. The van der Waals surface area contributed by atoms with Gasteiger partial charge < -0.3 is 25.0 Å². The van der Waals surface area contributed by atoms with E-state index in [9.17, 15) is 0 Å². The fraction of sp³-hybridized carbons (Fsp3) is 0.647. The van der Waals surface area contributed by atoms with Crippen LogP contribution in [0.2, 0.25) is 0 Å². The molecule has 1 aliphatic rings. The third kappa shape index (κ3) is 4.27. The molecule has 2 rings (SSSR count). The average molecular weight is 307 g/mol. The summed E-state index contributed by atoms with van der Waals surface area (Å²) in [7, 11) is 5.65. The molecule has 124 valence electrons. The monoisotopic (exact) mass is 307 g/mol. The lowest BCUT2D eigenvalue weighted by molar-refractivity contribution is 0.156. The number of rotatable bonds is 7. The number of methoxy groups -OCH3 is 2. The number of ether oxygens (including phenoxy) is 2. The van der Waals surface area contributed by atoms with E-state index in [0.29, 0.717) is 11.7 Å². The predicted octanol–water partition coefficient (Wildman–Crippen LogP) is 2.21. The van der Waals surface area contributed by atoms with Gasteiger partial charge in [0.1, 0.15) is 5.75 Å². The number of anilines is 2. The van der Waals surface area contributed by atoms with Gasteiger partial charge >= 0.3 is 0 Å². The summed E-state index contributed by atoms with van der Waals surface area (Å²) in [6, 6.07) is 6.72. The zero-order chi connectivity index (χ0) is 15.9. The third-order valence-electron chi connectivity index (χ3n) is 4.53. The van der Waals surface area contributed by atoms with E-state index < -0.39 is 0 Å². The van der Waals surface area contributed by atoms with E-state index in [-0.39, 0.29) is 0 Å². The van der Waals surface area contributed by atoms with Crippen molar-refractivity contribution < 1.29 is 9.47 Å². The van der Waals surface area contributed by atoms with Crippen LogP contribution in [-0.2, 0) is 4.74 Å². The van der Waals surface area contributed by atoms with Gasteiger partial charge in [-0.25, -0.2) is 0 Å². The number of hydrogen-bond donors (Lipinski definition) is 1. The topological polar surface area (TPSA) is 51.0 Å². The summed E-state index contributed by atoms with van der Waals surface area (Å²) in [6.45, 7) is 4.10. The molecule has 1 heterocycles. The second kappa shape index (κ2) is 8.25. The minimum absolute atomic E-state index is 0.670. The Morgan fingerprint density at radius 1 is 1.27 bits per heavy atom. The van der Waals surface area contributed by atoms with Crippen LogP contribution in [0.4, 0.5) is 11.4 Å². The van der Waals surface area contributed by atoms with Crippen LogP contribution in [0.25, 0.3) is 0 Å². The first kappa shape index (κ1) is 16.9. The molecule has 1 aliphatic heterocycles. The molecule has 5 nitrogen and oxygen atoms in total. The van der Waals surface area contributed by atoms with Crippen LogP contribution in [0.15, 0.2) is 18.2 Å². The first-order valence-corrected chi connectivity index (χ1v) is 8.03. The van der Waals surface area contributed by atoms with Gasteiger partial charge in [-0.1, -0.05) is 0 Å². The highest BCUT2D eigenvalue weighted by Crippen LogP contribution is 2.29. The molecule has 0 radical (unpaired) electrons. The third-order valence-corrected chi connectivity index (χ3v) is 4.53. The first-order valence-electron chi connectivity index (χ1n) is 8.03. The minimum atomic E-state index is 0.670. The first-order chi connectivity index (χ1) is 10.7. The molecule has 0 aromatic heterocycles. The molecule has 1 aromatic rings. The Balaban J connectivity index is 1.86. The zero-order valence-electron chi connectivity index (χ0n) is 14.0. The Bertz CT molecular complexity index is 459. The SMILES string of the molecule is COCCCN(C)C1CCN(c2ccc(N)c(OC)c2)CC1. The number of nitrogens with zero attached hydrogens (tertiary/aromatic N) is 2. The van der Waals surface area contributed by atoms with Crippen LogP contribution in [0.3, 0.4) is 0 Å². The highest BCUT2D eigenvalue weighted by Gasteiger charge is 2.22. The van der Waals surface area contributed by atoms with Gasteiger partial charge in [-0.3, -0.25) is 0 Å². The van der Waals surface area contributed by atoms with Crippen molar-refractivity contribution >= 4 is 11.4 Å². The van der Waals surface area contributed by atoms with Gasteiger partial charge in [-0.05, 0) is 38.4 Å². The molecule has 5 heteroatoms. The highest BCUT2D eigenvalue weighted by molar-refractivity contribution is 5.62. The van der Waals surface area contributed by atoms with Crippen LogP contribution in [0.5, 0.6) is 5.75 Å². The quantitative estimate of drug-likeness (QED) is 0.618. The lowest BCUT2D eigenvalue weighted by Crippen LogP contribution is -2.43. The Hall–Kier alpha value is -1.46. The molecule has 2 N–H and O–H groups in total. The molecule has 1 saturated heterocycles. The molecule has 0 atom stereocenters. The summed E-state index contributed by atoms with van der Waals surface area (Å²) in [5.74, 6) is 0.760. The summed E-state index contributed by atoms with van der Waals surface area (Å²) in [4.78, 5) is 4.89. The molecule has 1 fully saturated rings. The lowest BCUT2D eigenvalue weighted by Gasteiger charge is -2.38. The van der Waals surface area contributed by atoms with Gasteiger partial charge in [-0.2, -0.15) is 0 Å². The van der Waals surface area contributed by atoms with E-state index in [2.05, 4.69) is 22.9 Å². The number of hydrogen-bond acceptors (Lipinski definition) is 5. The Morgan fingerprint density at radius 2 is 2.00 bits per heavy atom. The minimum Gasteiger partial charge on any atom is -0.495 e. The van der Waals surface area contributed by atoms with Crippen molar-refractivity contribution in [3.05, 3.63) is 18.2 Å². The molecular formula is C17H29N3O2. The van der Waals surface area contributed by atoms with Crippen molar-refractivity contribution in [2.75, 3.05) is 58.1 Å². The van der Waals surface area contributed by atoms with Crippen molar-refractivity contribution in [1.29, 1.82) is 0 Å². The molecular weight excluding hydrogens is 278 g/mol. The smallest absolute Gasteiger partial charge is 0.143 e. The maximum Gasteiger partial charge on any atom is 0.143 e. The van der Waals surface area contributed by atoms with Crippen molar-refractivity contribution in [3.63, 3.8) is 0 Å². The highest BCUT2D eigenvalue weighted by atomic mass is 16.5. The Labute approximate surface area is 134 Å². The maximum atomic E-state index is 5.89. The second-order valence-electron chi connectivity index (χ2n) is 5.97. The van der Waals surface area contributed by atoms with E-state index in [1.807, 2.05) is 12.1 Å². The standard InChI is InChI=1S/C17H29N3O2/c1-19(9-4-12-21-2)14-7-10-20(11-8-14)15-5-6-16(18)17(13-15)22-3/h5-6,13-14H,4,7-12,18H2,1-3H3. The summed E-state index contributed by atoms with van der Waals surface area (Å²) < 4.78 is 10.4. The largest absolute Gasteiger partial charge is 0.495 e. The fourth-order valence-electron chi connectivity index (χ4n) is 3.10. The number of nitrogens with two attached hydrogens (primary N) is 1. The molecule has 0 amide bonds. The zero-order valence-corrected chi connectivity index (χ0v) is 14.0. The normalized spacial score (nSPS) is 16.3. The predicted molar refractivity (Wildman–Crippen MR) is 91.8 cm³/mol. The van der Waals surface area contributed by atoms with E-state index >= 15 is 0 Å². The number of benzene rings is 1. The van der Waals surface area contributed by atoms with Crippen molar-refractivity contribution in [1.82, 2.24) is 4.90 Å². The molecule has 22 heavy (non-hydrogen) atoms. The fourth-order valence-corrected chi connectivity index (χ4v) is 3.10. The number of piperidine rings is 1. The van der Waals surface area contributed by atoms with Crippen LogP contribution in [0.1, 0.15) is 19.3 Å². The molecule has 0 unspecified atom stereocenters. The number of nitrogen functional groups attached to an aromatic ring is 1. The van der Waals surface area contributed by atoms with Crippen LogP contribution >= 0.6 is 0 Å². The van der Waals surface area contributed by atoms with Crippen molar-refractivity contribution in [2.24, 2.45) is 0 Å².